The molecule has 1 N–H and O–H groups in total. The molecule has 0 unspecified atom stereocenters. The fourth-order valence-electron chi connectivity index (χ4n) is 2.90. The Morgan fingerprint density at radius 3 is 2.62 bits per heavy atom. The van der Waals surface area contributed by atoms with Gasteiger partial charge in [0.2, 0.25) is 0 Å². The van der Waals surface area contributed by atoms with E-state index in [9.17, 15) is 4.79 Å². The highest BCUT2D eigenvalue weighted by atomic mass is 16.5. The second-order valence-electron chi connectivity index (χ2n) is 5.49. The first-order chi connectivity index (χ1) is 10.2. The zero-order valence-corrected chi connectivity index (χ0v) is 12.9. The van der Waals surface area contributed by atoms with Gasteiger partial charge in [-0.25, -0.2) is 0 Å². The van der Waals surface area contributed by atoms with Gasteiger partial charge in [0, 0.05) is 18.2 Å². The quantitative estimate of drug-likeness (QED) is 0.819. The fraction of sp³-hybridized carbons (Fsp3) is 0.588. The molecule has 0 heterocycles. The summed E-state index contributed by atoms with van der Waals surface area (Å²) in [5.41, 5.74) is 1.17. The fourth-order valence-corrected chi connectivity index (χ4v) is 2.90. The molecule has 0 radical (unpaired) electrons. The average molecular weight is 291 g/mol. The Kier molecular flexibility index (Phi) is 6.05. The minimum absolute atomic E-state index is 0.0271. The SMILES string of the molecule is CCOC(=O)C1CCC(NCc2ccccc2OC)CC1. The molecule has 1 saturated carbocycles. The largest absolute Gasteiger partial charge is 0.496 e. The summed E-state index contributed by atoms with van der Waals surface area (Å²) in [6.07, 6.45) is 3.89. The van der Waals surface area contributed by atoms with E-state index in [1.165, 1.54) is 5.56 Å². The van der Waals surface area contributed by atoms with Gasteiger partial charge in [-0.3, -0.25) is 4.79 Å². The van der Waals surface area contributed by atoms with Crippen LogP contribution in [0.1, 0.15) is 38.2 Å². The number of nitrogens with one attached hydrogen (secondary N) is 1. The summed E-state index contributed by atoms with van der Waals surface area (Å²) in [7, 11) is 1.70. The highest BCUT2D eigenvalue weighted by molar-refractivity contribution is 5.72. The lowest BCUT2D eigenvalue weighted by molar-refractivity contribution is -0.149. The summed E-state index contributed by atoms with van der Waals surface area (Å²) in [4.78, 5) is 11.7. The van der Waals surface area contributed by atoms with Crippen molar-refractivity contribution in [2.45, 2.75) is 45.2 Å². The van der Waals surface area contributed by atoms with Crippen LogP contribution >= 0.6 is 0 Å². The van der Waals surface area contributed by atoms with Crippen molar-refractivity contribution in [2.75, 3.05) is 13.7 Å². The van der Waals surface area contributed by atoms with Crippen molar-refractivity contribution in [3.8, 4) is 5.75 Å². The van der Waals surface area contributed by atoms with Gasteiger partial charge in [-0.05, 0) is 38.7 Å². The molecule has 2 rings (SSSR count). The molecular weight excluding hydrogens is 266 g/mol. The molecule has 1 fully saturated rings. The van der Waals surface area contributed by atoms with E-state index in [0.29, 0.717) is 12.6 Å². The minimum Gasteiger partial charge on any atom is -0.496 e. The van der Waals surface area contributed by atoms with Crippen LogP contribution in [0.15, 0.2) is 24.3 Å². The van der Waals surface area contributed by atoms with Crippen LogP contribution in [0.4, 0.5) is 0 Å². The third kappa shape index (κ3) is 4.46. The van der Waals surface area contributed by atoms with Gasteiger partial charge in [0.05, 0.1) is 19.6 Å². The van der Waals surface area contributed by atoms with Gasteiger partial charge >= 0.3 is 5.97 Å². The van der Waals surface area contributed by atoms with E-state index >= 15 is 0 Å². The Morgan fingerprint density at radius 1 is 1.24 bits per heavy atom. The number of methoxy groups -OCH3 is 1. The zero-order valence-electron chi connectivity index (χ0n) is 12.9. The van der Waals surface area contributed by atoms with Gasteiger partial charge in [-0.15, -0.1) is 0 Å². The molecule has 0 saturated heterocycles. The topological polar surface area (TPSA) is 47.6 Å². The Bertz CT molecular complexity index is 453. The lowest BCUT2D eigenvalue weighted by Gasteiger charge is -2.28. The summed E-state index contributed by atoms with van der Waals surface area (Å²) in [5.74, 6) is 0.986. The molecule has 21 heavy (non-hydrogen) atoms. The molecule has 116 valence electrons. The minimum atomic E-state index is -0.0271. The van der Waals surface area contributed by atoms with E-state index in [1.807, 2.05) is 25.1 Å². The van der Waals surface area contributed by atoms with Crippen molar-refractivity contribution < 1.29 is 14.3 Å². The summed E-state index contributed by atoms with van der Waals surface area (Å²) >= 11 is 0. The van der Waals surface area contributed by atoms with Crippen molar-refractivity contribution in [3.63, 3.8) is 0 Å². The first-order valence-corrected chi connectivity index (χ1v) is 7.76. The maximum atomic E-state index is 11.7. The maximum absolute atomic E-state index is 11.7. The molecule has 0 atom stereocenters. The van der Waals surface area contributed by atoms with Crippen LogP contribution in [-0.2, 0) is 16.1 Å². The number of ether oxygens (including phenoxy) is 2. The number of carbonyl (C=O) groups excluding carboxylic acids is 1. The van der Waals surface area contributed by atoms with Gasteiger partial charge in [0.1, 0.15) is 5.75 Å². The molecule has 0 spiro atoms. The number of benzene rings is 1. The van der Waals surface area contributed by atoms with E-state index in [4.69, 9.17) is 9.47 Å². The monoisotopic (exact) mass is 291 g/mol. The molecule has 1 aliphatic rings. The highest BCUT2D eigenvalue weighted by Gasteiger charge is 2.26. The number of hydrogen-bond acceptors (Lipinski definition) is 4. The van der Waals surface area contributed by atoms with Gasteiger partial charge in [0.25, 0.3) is 0 Å². The number of esters is 1. The summed E-state index contributed by atoms with van der Waals surface area (Å²) in [6.45, 7) is 3.14. The summed E-state index contributed by atoms with van der Waals surface area (Å²) in [5, 5.41) is 3.57. The number of rotatable bonds is 6. The summed E-state index contributed by atoms with van der Waals surface area (Å²) < 4.78 is 10.5. The second kappa shape index (κ2) is 8.03. The maximum Gasteiger partial charge on any atom is 0.308 e. The van der Waals surface area contributed by atoms with E-state index in [-0.39, 0.29) is 11.9 Å². The number of hydrogen-bond donors (Lipinski definition) is 1. The number of para-hydroxylation sites is 1. The van der Waals surface area contributed by atoms with Crippen LogP contribution in [0, 0.1) is 5.92 Å². The van der Waals surface area contributed by atoms with Crippen LogP contribution in [0.25, 0.3) is 0 Å². The van der Waals surface area contributed by atoms with E-state index < -0.39 is 0 Å². The Hall–Kier alpha value is -1.55. The lowest BCUT2D eigenvalue weighted by Crippen LogP contribution is -2.35. The normalized spacial score (nSPS) is 21.8. The van der Waals surface area contributed by atoms with Crippen molar-refractivity contribution in [2.24, 2.45) is 5.92 Å². The number of carbonyl (C=O) groups is 1. The van der Waals surface area contributed by atoms with Crippen molar-refractivity contribution >= 4 is 5.97 Å². The molecule has 0 aliphatic heterocycles. The zero-order chi connectivity index (χ0) is 15.1. The molecule has 0 amide bonds. The highest BCUT2D eigenvalue weighted by Crippen LogP contribution is 2.26. The molecule has 1 aromatic carbocycles. The third-order valence-electron chi connectivity index (χ3n) is 4.12. The standard InChI is InChI=1S/C17H25NO3/c1-3-21-17(19)13-8-10-15(11-9-13)18-12-14-6-4-5-7-16(14)20-2/h4-7,13,15,18H,3,8-12H2,1-2H3. The molecule has 4 nitrogen and oxygen atoms in total. The predicted octanol–water partition coefficient (Wildman–Crippen LogP) is 2.91. The van der Waals surface area contributed by atoms with Crippen LogP contribution < -0.4 is 10.1 Å². The first kappa shape index (κ1) is 15.8. The van der Waals surface area contributed by atoms with E-state index in [1.54, 1.807) is 7.11 Å². The van der Waals surface area contributed by atoms with Crippen molar-refractivity contribution in [1.82, 2.24) is 5.32 Å². The molecule has 1 aliphatic carbocycles. The molecule has 0 bridgehead atoms. The van der Waals surface area contributed by atoms with E-state index in [2.05, 4.69) is 11.4 Å². The van der Waals surface area contributed by atoms with Gasteiger partial charge in [-0.1, -0.05) is 18.2 Å². The lowest BCUT2D eigenvalue weighted by atomic mass is 9.86. The van der Waals surface area contributed by atoms with Crippen LogP contribution in [0.5, 0.6) is 5.75 Å². The van der Waals surface area contributed by atoms with Gasteiger partial charge in [-0.2, -0.15) is 0 Å². The molecular formula is C17H25NO3. The molecule has 1 aromatic rings. The van der Waals surface area contributed by atoms with Crippen LogP contribution in [0.2, 0.25) is 0 Å². The van der Waals surface area contributed by atoms with Gasteiger partial charge in [0.15, 0.2) is 0 Å². The predicted molar refractivity (Wildman–Crippen MR) is 82.2 cm³/mol. The Balaban J connectivity index is 1.77. The Labute approximate surface area is 126 Å². The van der Waals surface area contributed by atoms with Crippen LogP contribution in [-0.4, -0.2) is 25.7 Å². The first-order valence-electron chi connectivity index (χ1n) is 7.76. The van der Waals surface area contributed by atoms with Crippen LogP contribution in [0.3, 0.4) is 0 Å². The van der Waals surface area contributed by atoms with Crippen molar-refractivity contribution in [3.05, 3.63) is 29.8 Å². The Morgan fingerprint density at radius 2 is 1.95 bits per heavy atom. The molecule has 0 aromatic heterocycles. The van der Waals surface area contributed by atoms with Crippen molar-refractivity contribution in [1.29, 1.82) is 0 Å². The smallest absolute Gasteiger partial charge is 0.308 e. The summed E-state index contributed by atoms with van der Waals surface area (Å²) in [6, 6.07) is 8.54. The third-order valence-corrected chi connectivity index (χ3v) is 4.12. The average Bonchev–Trinajstić information content (AvgIpc) is 2.54. The van der Waals surface area contributed by atoms with E-state index in [0.717, 1.165) is 38.0 Å². The van der Waals surface area contributed by atoms with Gasteiger partial charge < -0.3 is 14.8 Å². The second-order valence-corrected chi connectivity index (χ2v) is 5.49. The molecule has 4 heteroatoms.